The lowest BCUT2D eigenvalue weighted by Gasteiger charge is -2.29. The Labute approximate surface area is 231 Å². The molecule has 39 heavy (non-hydrogen) atoms. The summed E-state index contributed by atoms with van der Waals surface area (Å²) in [5.41, 5.74) is 1.93. The molecule has 0 atom stereocenters. The number of allylic oxidation sites excluding steroid dienone is 2. The molecule has 0 radical (unpaired) electrons. The Kier molecular flexibility index (Phi) is 8.33. The second-order valence-electron chi connectivity index (χ2n) is 11.8. The molecule has 2 N–H and O–H groups in total. The van der Waals surface area contributed by atoms with E-state index in [1.54, 1.807) is 13.0 Å². The van der Waals surface area contributed by atoms with Crippen LogP contribution in [0.25, 0.3) is 5.57 Å². The zero-order valence-electron chi connectivity index (χ0n) is 24.2. The molecule has 1 heterocycles. The van der Waals surface area contributed by atoms with E-state index in [1.807, 2.05) is 32.9 Å². The molecule has 0 bridgehead atoms. The fraction of sp³-hybridized carbons (Fsp3) is 0.548. The normalized spacial score (nSPS) is 20.1. The van der Waals surface area contributed by atoms with Crippen molar-refractivity contribution in [3.63, 3.8) is 0 Å². The molecule has 0 spiro atoms. The second-order valence-corrected chi connectivity index (χ2v) is 11.8. The molecule has 1 saturated carbocycles. The van der Waals surface area contributed by atoms with Crippen molar-refractivity contribution in [2.45, 2.75) is 92.0 Å². The largest absolute Gasteiger partial charge is 0.506 e. The maximum absolute atomic E-state index is 13.5. The molecule has 1 aliphatic heterocycles. The van der Waals surface area contributed by atoms with E-state index >= 15 is 0 Å². The molecule has 1 aromatic carbocycles. The van der Waals surface area contributed by atoms with E-state index in [1.165, 1.54) is 30.7 Å². The topological polar surface area (TPSA) is 102 Å². The molecule has 8 nitrogen and oxygen atoms in total. The molecule has 0 unspecified atom stereocenters. The summed E-state index contributed by atoms with van der Waals surface area (Å²) < 4.78 is 0. The van der Waals surface area contributed by atoms with Gasteiger partial charge in [-0.25, -0.2) is 5.01 Å². The van der Waals surface area contributed by atoms with Gasteiger partial charge in [-0.1, -0.05) is 25.7 Å². The number of hydrogen-bond donors (Lipinski definition) is 2. The zero-order valence-corrected chi connectivity index (χ0v) is 24.2. The Hall–Kier alpha value is -3.42. The molecule has 1 fully saturated rings. The van der Waals surface area contributed by atoms with Crippen molar-refractivity contribution in [2.24, 2.45) is 11.0 Å². The van der Waals surface area contributed by atoms with Gasteiger partial charge >= 0.3 is 0 Å². The monoisotopic (exact) mass is 534 g/mol. The van der Waals surface area contributed by atoms with Crippen molar-refractivity contribution in [1.82, 2.24) is 5.01 Å². The van der Waals surface area contributed by atoms with Gasteiger partial charge in [0, 0.05) is 30.8 Å². The summed E-state index contributed by atoms with van der Waals surface area (Å²) in [7, 11) is 0. The molecule has 2 amide bonds. The number of nitrogens with zero attached hydrogens (tertiary/aromatic N) is 3. The molecule has 4 rings (SSSR count). The predicted octanol–water partition coefficient (Wildman–Crippen LogP) is 6.00. The number of Topliss-reactive ketones (excluding diaryl/α,β-unsaturated/α-hetero) is 1. The molecule has 2 aliphatic carbocycles. The van der Waals surface area contributed by atoms with E-state index in [-0.39, 0.29) is 28.4 Å². The highest BCUT2D eigenvalue weighted by molar-refractivity contribution is 6.44. The number of benzene rings is 1. The summed E-state index contributed by atoms with van der Waals surface area (Å²) in [5.74, 6) is -0.442. The maximum atomic E-state index is 13.5. The van der Waals surface area contributed by atoms with Crippen molar-refractivity contribution >= 4 is 40.3 Å². The minimum absolute atomic E-state index is 0.00957. The Balaban J connectivity index is 1.65. The molecular weight excluding hydrogens is 492 g/mol. The number of hydrazone groups is 1. The van der Waals surface area contributed by atoms with Gasteiger partial charge in [-0.3, -0.25) is 14.4 Å². The first kappa shape index (κ1) is 28.6. The van der Waals surface area contributed by atoms with Crippen LogP contribution in [0.5, 0.6) is 0 Å². The lowest BCUT2D eigenvalue weighted by molar-refractivity contribution is -0.130. The van der Waals surface area contributed by atoms with Crippen LogP contribution >= 0.6 is 0 Å². The summed E-state index contributed by atoms with van der Waals surface area (Å²) in [6, 6.07) is 5.53. The summed E-state index contributed by atoms with van der Waals surface area (Å²) in [5, 5.41) is 19.8. The minimum Gasteiger partial charge on any atom is -0.506 e. The van der Waals surface area contributed by atoms with Gasteiger partial charge in [-0.05, 0) is 78.5 Å². The standard InChI is InChI=1S/C31H42N4O4/c1-7-34(8-2)21-16-17-22(23(18-21)32-24(36)15-11-14-20-12-9-10-13-20)26-28(37)27(29(26)38)25-19(3)33-35(30(25)39)31(4,5)6/h16-18,20,37H,7-15H2,1-6H3,(H,32,36)/b27-25-. The van der Waals surface area contributed by atoms with Gasteiger partial charge in [0.2, 0.25) is 11.7 Å². The Morgan fingerprint density at radius 2 is 1.77 bits per heavy atom. The molecule has 1 aromatic rings. The van der Waals surface area contributed by atoms with Crippen LogP contribution in [-0.4, -0.2) is 52.1 Å². The predicted molar refractivity (Wildman–Crippen MR) is 156 cm³/mol. The van der Waals surface area contributed by atoms with E-state index in [4.69, 9.17) is 0 Å². The first-order valence-electron chi connectivity index (χ1n) is 14.3. The van der Waals surface area contributed by atoms with Crippen molar-refractivity contribution in [3.05, 3.63) is 40.7 Å². The van der Waals surface area contributed by atoms with E-state index < -0.39 is 17.2 Å². The van der Waals surface area contributed by atoms with E-state index in [9.17, 15) is 19.5 Å². The summed E-state index contributed by atoms with van der Waals surface area (Å²) in [4.78, 5) is 41.7. The smallest absolute Gasteiger partial charge is 0.277 e. The van der Waals surface area contributed by atoms with Crippen LogP contribution in [0, 0.1) is 5.92 Å². The van der Waals surface area contributed by atoms with Crippen LogP contribution in [0.15, 0.2) is 40.2 Å². The second kappa shape index (κ2) is 11.4. The molecule has 3 aliphatic rings. The Bertz CT molecular complexity index is 1260. The van der Waals surface area contributed by atoms with Crippen molar-refractivity contribution in [1.29, 1.82) is 0 Å². The number of nitrogens with one attached hydrogen (secondary N) is 1. The fourth-order valence-corrected chi connectivity index (χ4v) is 5.84. The molecular formula is C31H42N4O4. The number of hydrogen-bond acceptors (Lipinski definition) is 6. The lowest BCUT2D eigenvalue weighted by Crippen LogP contribution is -2.40. The van der Waals surface area contributed by atoms with Crippen molar-refractivity contribution in [3.8, 4) is 0 Å². The number of amides is 2. The minimum atomic E-state index is -0.564. The van der Waals surface area contributed by atoms with Crippen molar-refractivity contribution in [2.75, 3.05) is 23.3 Å². The third-order valence-electron chi connectivity index (χ3n) is 8.00. The van der Waals surface area contributed by atoms with Gasteiger partial charge in [-0.15, -0.1) is 0 Å². The summed E-state index contributed by atoms with van der Waals surface area (Å²) >= 11 is 0. The van der Waals surface area contributed by atoms with E-state index in [0.29, 0.717) is 23.4 Å². The summed E-state index contributed by atoms with van der Waals surface area (Å²) in [6.45, 7) is 12.9. The summed E-state index contributed by atoms with van der Waals surface area (Å²) in [6.07, 6.45) is 7.38. The van der Waals surface area contributed by atoms with E-state index in [0.717, 1.165) is 37.5 Å². The number of rotatable bonds is 9. The highest BCUT2D eigenvalue weighted by atomic mass is 16.3. The van der Waals surface area contributed by atoms with Crippen molar-refractivity contribution < 1.29 is 19.5 Å². The Morgan fingerprint density at radius 1 is 1.10 bits per heavy atom. The maximum Gasteiger partial charge on any atom is 0.277 e. The van der Waals surface area contributed by atoms with Gasteiger partial charge in [0.1, 0.15) is 5.76 Å². The van der Waals surface area contributed by atoms with Gasteiger partial charge in [-0.2, -0.15) is 5.10 Å². The highest BCUT2D eigenvalue weighted by Gasteiger charge is 2.45. The van der Waals surface area contributed by atoms with Crippen LogP contribution in [0.3, 0.4) is 0 Å². The van der Waals surface area contributed by atoms with Gasteiger partial charge < -0.3 is 15.3 Å². The molecule has 0 saturated heterocycles. The molecule has 8 heteroatoms. The first-order valence-corrected chi connectivity index (χ1v) is 14.3. The number of ketones is 1. The highest BCUT2D eigenvalue weighted by Crippen LogP contribution is 2.43. The average Bonchev–Trinajstić information content (AvgIpc) is 3.50. The number of anilines is 2. The van der Waals surface area contributed by atoms with Gasteiger partial charge in [0.05, 0.1) is 33.7 Å². The van der Waals surface area contributed by atoms with Crippen LogP contribution < -0.4 is 10.2 Å². The number of carbonyl (C=O) groups is 3. The molecule has 0 aromatic heterocycles. The number of carbonyl (C=O) groups excluding carboxylic acids is 3. The average molecular weight is 535 g/mol. The Morgan fingerprint density at radius 3 is 2.33 bits per heavy atom. The van der Waals surface area contributed by atoms with Crippen LogP contribution in [0.1, 0.15) is 92.1 Å². The fourth-order valence-electron chi connectivity index (χ4n) is 5.84. The lowest BCUT2D eigenvalue weighted by atomic mass is 9.79. The van der Waals surface area contributed by atoms with Crippen LogP contribution in [0.2, 0.25) is 0 Å². The first-order chi connectivity index (χ1) is 18.5. The number of aliphatic hydroxyl groups excluding tert-OH is 1. The van der Waals surface area contributed by atoms with Crippen LogP contribution in [-0.2, 0) is 14.4 Å². The zero-order chi connectivity index (χ0) is 28.5. The van der Waals surface area contributed by atoms with E-state index in [2.05, 4.69) is 29.2 Å². The van der Waals surface area contributed by atoms with Crippen LogP contribution in [0.4, 0.5) is 11.4 Å². The third kappa shape index (κ3) is 5.65. The van der Waals surface area contributed by atoms with Gasteiger partial charge in [0.25, 0.3) is 5.91 Å². The number of aliphatic hydroxyl groups is 1. The SMILES string of the molecule is CCN(CC)c1ccc(C2=C(O)/C(=C3/C(=O)N(C(C)(C)C)N=C3C)C2=O)c(NC(=O)CCCC2CCCC2)c1. The van der Waals surface area contributed by atoms with Gasteiger partial charge in [0.15, 0.2) is 0 Å². The molecule has 210 valence electrons. The quantitative estimate of drug-likeness (QED) is 0.379. The third-order valence-corrected chi connectivity index (χ3v) is 8.00.